The van der Waals surface area contributed by atoms with Crippen molar-refractivity contribution >= 4 is 23.6 Å². The van der Waals surface area contributed by atoms with E-state index in [2.05, 4.69) is 5.32 Å². The molecule has 4 nitrogen and oxygen atoms in total. The number of benzene rings is 2. The first-order chi connectivity index (χ1) is 11.5. The van der Waals surface area contributed by atoms with Crippen LogP contribution in [-0.4, -0.2) is 30.3 Å². The Morgan fingerprint density at radius 3 is 2.42 bits per heavy atom. The smallest absolute Gasteiger partial charge is 0.246 e. The van der Waals surface area contributed by atoms with Gasteiger partial charge in [0.25, 0.3) is 0 Å². The fraction of sp³-hybridized carbons (Fsp3) is 0.111. The minimum absolute atomic E-state index is 0.183. The highest BCUT2D eigenvalue weighted by atomic mass is 19.1. The Balaban J connectivity index is 1.90. The van der Waals surface area contributed by atoms with E-state index >= 15 is 0 Å². The molecule has 124 valence electrons. The lowest BCUT2D eigenvalue weighted by Gasteiger charge is -2.14. The topological polar surface area (TPSA) is 49.4 Å². The normalized spacial score (nSPS) is 10.6. The van der Waals surface area contributed by atoms with Gasteiger partial charge in [0.05, 0.1) is 6.54 Å². The maximum atomic E-state index is 13.5. The van der Waals surface area contributed by atoms with E-state index < -0.39 is 23.4 Å². The van der Waals surface area contributed by atoms with Gasteiger partial charge in [-0.15, -0.1) is 0 Å². The second-order valence-corrected chi connectivity index (χ2v) is 5.10. The minimum Gasteiger partial charge on any atom is -0.333 e. The molecular formula is C18H16F2N2O2. The standard InChI is InChI=1S/C18H16F2N2O2/c1-22(12-17(23)21-15-9-7-14(19)8-10-15)18(24)11-6-13-4-2-3-5-16(13)20/h2-11H,12H2,1H3,(H,21,23)/b11-6+. The molecular weight excluding hydrogens is 314 g/mol. The van der Waals surface area contributed by atoms with Crippen LogP contribution in [0.5, 0.6) is 0 Å². The van der Waals surface area contributed by atoms with Crippen LogP contribution >= 0.6 is 0 Å². The molecule has 0 spiro atoms. The molecule has 0 fully saturated rings. The number of likely N-dealkylation sites (N-methyl/N-ethyl adjacent to an activating group) is 1. The van der Waals surface area contributed by atoms with Crippen molar-refractivity contribution in [2.45, 2.75) is 0 Å². The van der Waals surface area contributed by atoms with Gasteiger partial charge in [0.1, 0.15) is 11.6 Å². The summed E-state index contributed by atoms with van der Waals surface area (Å²) in [5.74, 6) is -1.69. The molecule has 2 rings (SSSR count). The molecule has 6 heteroatoms. The lowest BCUT2D eigenvalue weighted by molar-refractivity contribution is -0.129. The van der Waals surface area contributed by atoms with Crippen molar-refractivity contribution in [2.75, 3.05) is 18.9 Å². The first kappa shape index (κ1) is 17.3. The highest BCUT2D eigenvalue weighted by molar-refractivity contribution is 5.97. The van der Waals surface area contributed by atoms with Gasteiger partial charge in [-0.25, -0.2) is 8.78 Å². The Kier molecular flexibility index (Phi) is 5.78. The fourth-order valence-corrected chi connectivity index (χ4v) is 1.93. The van der Waals surface area contributed by atoms with E-state index in [9.17, 15) is 18.4 Å². The Morgan fingerprint density at radius 1 is 1.08 bits per heavy atom. The van der Waals surface area contributed by atoms with Crippen molar-refractivity contribution in [3.63, 3.8) is 0 Å². The van der Waals surface area contributed by atoms with Crippen LogP contribution in [0.1, 0.15) is 5.56 Å². The molecule has 0 radical (unpaired) electrons. The van der Waals surface area contributed by atoms with Gasteiger partial charge in [0, 0.05) is 24.4 Å². The van der Waals surface area contributed by atoms with Crippen LogP contribution in [0, 0.1) is 11.6 Å². The van der Waals surface area contributed by atoms with Crippen LogP contribution in [0.4, 0.5) is 14.5 Å². The maximum absolute atomic E-state index is 13.5. The van der Waals surface area contributed by atoms with Crippen molar-refractivity contribution in [1.29, 1.82) is 0 Å². The monoisotopic (exact) mass is 330 g/mol. The average Bonchev–Trinajstić information content (AvgIpc) is 2.56. The molecule has 0 saturated carbocycles. The van der Waals surface area contributed by atoms with Crippen LogP contribution in [0.25, 0.3) is 6.08 Å². The van der Waals surface area contributed by atoms with Crippen molar-refractivity contribution in [1.82, 2.24) is 4.90 Å². The highest BCUT2D eigenvalue weighted by Gasteiger charge is 2.11. The summed E-state index contributed by atoms with van der Waals surface area (Å²) in [5.41, 5.74) is 0.721. The summed E-state index contributed by atoms with van der Waals surface area (Å²) in [6.07, 6.45) is 2.55. The molecule has 1 N–H and O–H groups in total. The number of hydrogen-bond donors (Lipinski definition) is 1. The van der Waals surface area contributed by atoms with E-state index in [1.54, 1.807) is 18.2 Å². The van der Waals surface area contributed by atoms with Gasteiger partial charge in [-0.05, 0) is 36.4 Å². The molecule has 0 heterocycles. The second kappa shape index (κ2) is 8.01. The van der Waals surface area contributed by atoms with Gasteiger partial charge in [-0.1, -0.05) is 18.2 Å². The van der Waals surface area contributed by atoms with E-state index in [1.807, 2.05) is 0 Å². The van der Waals surface area contributed by atoms with Gasteiger partial charge in [-0.2, -0.15) is 0 Å². The molecule has 2 aromatic rings. The zero-order valence-electron chi connectivity index (χ0n) is 13.0. The molecule has 0 aromatic heterocycles. The molecule has 0 atom stereocenters. The van der Waals surface area contributed by atoms with Crippen molar-refractivity contribution in [3.8, 4) is 0 Å². The molecule has 0 aliphatic heterocycles. The van der Waals surface area contributed by atoms with Crippen LogP contribution < -0.4 is 5.32 Å². The summed E-state index contributed by atoms with van der Waals surface area (Å²) in [7, 11) is 1.46. The lowest BCUT2D eigenvalue weighted by atomic mass is 10.2. The molecule has 2 amide bonds. The number of carbonyl (C=O) groups is 2. The maximum Gasteiger partial charge on any atom is 0.246 e. The minimum atomic E-state index is -0.437. The summed E-state index contributed by atoms with van der Waals surface area (Å²) in [6, 6.07) is 11.3. The van der Waals surface area contributed by atoms with Crippen LogP contribution in [0.2, 0.25) is 0 Å². The quantitative estimate of drug-likeness (QED) is 0.857. The van der Waals surface area contributed by atoms with E-state index in [-0.39, 0.29) is 12.1 Å². The Hall–Kier alpha value is -3.02. The number of nitrogens with one attached hydrogen (secondary N) is 1. The van der Waals surface area contributed by atoms with Crippen LogP contribution in [-0.2, 0) is 9.59 Å². The van der Waals surface area contributed by atoms with Crippen molar-refractivity contribution in [3.05, 3.63) is 71.8 Å². The largest absolute Gasteiger partial charge is 0.333 e. The first-order valence-electron chi connectivity index (χ1n) is 7.19. The molecule has 2 aromatic carbocycles. The van der Waals surface area contributed by atoms with Gasteiger partial charge >= 0.3 is 0 Å². The Bertz CT molecular complexity index is 758. The van der Waals surface area contributed by atoms with Crippen LogP contribution in [0.15, 0.2) is 54.6 Å². The van der Waals surface area contributed by atoms with E-state index in [1.165, 1.54) is 54.4 Å². The average molecular weight is 330 g/mol. The molecule has 0 aliphatic carbocycles. The summed E-state index contributed by atoms with van der Waals surface area (Å²) in [6.45, 7) is -0.183. The second-order valence-electron chi connectivity index (χ2n) is 5.10. The number of carbonyl (C=O) groups excluding carboxylic acids is 2. The highest BCUT2D eigenvalue weighted by Crippen LogP contribution is 2.09. The third-order valence-corrected chi connectivity index (χ3v) is 3.20. The number of hydrogen-bond acceptors (Lipinski definition) is 2. The SMILES string of the molecule is CN(CC(=O)Nc1ccc(F)cc1)C(=O)/C=C/c1ccccc1F. The molecule has 0 aliphatic rings. The summed E-state index contributed by atoms with van der Waals surface area (Å²) < 4.78 is 26.2. The third-order valence-electron chi connectivity index (χ3n) is 3.20. The summed E-state index contributed by atoms with van der Waals surface area (Å²) in [5, 5.41) is 2.55. The van der Waals surface area contributed by atoms with Gasteiger partial charge in [-0.3, -0.25) is 9.59 Å². The molecule has 0 saturated heterocycles. The third kappa shape index (κ3) is 5.01. The number of nitrogens with zero attached hydrogens (tertiary/aromatic N) is 1. The zero-order chi connectivity index (χ0) is 17.5. The predicted octanol–water partition coefficient (Wildman–Crippen LogP) is 3.08. The Morgan fingerprint density at radius 2 is 1.75 bits per heavy atom. The van der Waals surface area contributed by atoms with Crippen molar-refractivity contribution < 1.29 is 18.4 Å². The number of amides is 2. The van der Waals surface area contributed by atoms with E-state index in [0.29, 0.717) is 5.69 Å². The Labute approximate surface area is 138 Å². The van der Waals surface area contributed by atoms with Crippen LogP contribution in [0.3, 0.4) is 0 Å². The number of anilines is 1. The molecule has 24 heavy (non-hydrogen) atoms. The fourth-order valence-electron chi connectivity index (χ4n) is 1.93. The number of halogens is 2. The summed E-state index contributed by atoms with van der Waals surface area (Å²) >= 11 is 0. The van der Waals surface area contributed by atoms with Gasteiger partial charge in [0.2, 0.25) is 11.8 Å². The van der Waals surface area contributed by atoms with Crippen molar-refractivity contribution in [2.24, 2.45) is 0 Å². The van der Waals surface area contributed by atoms with E-state index in [4.69, 9.17) is 0 Å². The molecule has 0 bridgehead atoms. The van der Waals surface area contributed by atoms with Gasteiger partial charge < -0.3 is 10.2 Å². The predicted molar refractivity (Wildman–Crippen MR) is 88.1 cm³/mol. The first-order valence-corrected chi connectivity index (χ1v) is 7.19. The number of rotatable bonds is 5. The lowest BCUT2D eigenvalue weighted by Crippen LogP contribution is -2.33. The van der Waals surface area contributed by atoms with E-state index in [0.717, 1.165) is 0 Å². The zero-order valence-corrected chi connectivity index (χ0v) is 13.0. The summed E-state index contributed by atoms with van der Waals surface area (Å²) in [4.78, 5) is 25.0. The van der Waals surface area contributed by atoms with Gasteiger partial charge in [0.15, 0.2) is 0 Å². The molecule has 0 unspecified atom stereocenters.